The monoisotopic (exact) mass is 478 g/mol. The van der Waals surface area contributed by atoms with E-state index in [0.717, 1.165) is 42.9 Å². The Morgan fingerprint density at radius 3 is 2.67 bits per heavy atom. The van der Waals surface area contributed by atoms with Crippen molar-refractivity contribution in [1.29, 1.82) is 5.26 Å². The minimum atomic E-state index is -0.308. The molecule has 33 heavy (non-hydrogen) atoms. The van der Waals surface area contributed by atoms with E-state index in [1.165, 1.54) is 11.8 Å². The summed E-state index contributed by atoms with van der Waals surface area (Å²) in [6.07, 6.45) is 3.99. The maximum Gasteiger partial charge on any atom is 0.270 e. The molecule has 1 amide bonds. The van der Waals surface area contributed by atoms with Gasteiger partial charge in [0.05, 0.1) is 11.4 Å². The van der Waals surface area contributed by atoms with E-state index in [9.17, 15) is 14.9 Å². The lowest BCUT2D eigenvalue weighted by molar-refractivity contribution is -0.122. The summed E-state index contributed by atoms with van der Waals surface area (Å²) in [4.78, 5) is 30.5. The van der Waals surface area contributed by atoms with Gasteiger partial charge < -0.3 is 4.90 Å². The molecule has 0 radical (unpaired) electrons. The molecule has 1 aromatic carbocycles. The molecule has 0 N–H and O–H groups in total. The predicted octanol–water partition coefficient (Wildman–Crippen LogP) is 4.20. The highest BCUT2D eigenvalue weighted by atomic mass is 32.2. The molecule has 0 spiro atoms. The van der Waals surface area contributed by atoms with E-state index in [1.807, 2.05) is 36.4 Å². The number of aromatic nitrogens is 1. The molecule has 0 aliphatic carbocycles. The number of nitrogens with zero attached hydrogens (tertiary/aromatic N) is 4. The minimum Gasteiger partial charge on any atom is -0.357 e. The third-order valence-electron chi connectivity index (χ3n) is 6.26. The van der Waals surface area contributed by atoms with Gasteiger partial charge in [-0.15, -0.1) is 0 Å². The van der Waals surface area contributed by atoms with Crippen molar-refractivity contribution in [2.75, 3.05) is 18.0 Å². The van der Waals surface area contributed by atoms with Crippen LogP contribution in [-0.4, -0.2) is 32.8 Å². The van der Waals surface area contributed by atoms with E-state index in [2.05, 4.69) is 17.9 Å². The second kappa shape index (κ2) is 9.54. The van der Waals surface area contributed by atoms with Crippen LogP contribution < -0.4 is 10.5 Å². The maximum atomic E-state index is 13.3. The van der Waals surface area contributed by atoms with Gasteiger partial charge in [-0.05, 0) is 42.9 Å². The number of hydrogen-bond donors (Lipinski definition) is 0. The Hall–Kier alpha value is -2.89. The van der Waals surface area contributed by atoms with Gasteiger partial charge in [-0.25, -0.2) is 0 Å². The number of pyridine rings is 1. The molecule has 0 bridgehead atoms. The number of anilines is 1. The lowest BCUT2D eigenvalue weighted by atomic mass is 9.98. The minimum absolute atomic E-state index is 0.109. The number of nitriles is 1. The molecule has 1 unspecified atom stereocenters. The van der Waals surface area contributed by atoms with Gasteiger partial charge in [0.15, 0.2) is 0 Å². The first-order valence-electron chi connectivity index (χ1n) is 11.0. The number of piperidine rings is 1. The predicted molar refractivity (Wildman–Crippen MR) is 137 cm³/mol. The number of benzene rings is 1. The third kappa shape index (κ3) is 4.48. The van der Waals surface area contributed by atoms with Crippen LogP contribution in [0.5, 0.6) is 0 Å². The number of thiocarbonyl (C=S) groups is 1. The fraction of sp³-hybridized carbons (Fsp3) is 0.360. The smallest absolute Gasteiger partial charge is 0.270 e. The molecule has 2 aliphatic heterocycles. The molecule has 1 atom stereocenters. The fourth-order valence-electron chi connectivity index (χ4n) is 4.51. The van der Waals surface area contributed by atoms with Crippen molar-refractivity contribution in [2.24, 2.45) is 13.0 Å². The van der Waals surface area contributed by atoms with E-state index in [0.29, 0.717) is 27.3 Å². The second-order valence-electron chi connectivity index (χ2n) is 8.66. The van der Waals surface area contributed by atoms with Crippen LogP contribution in [-0.2, 0) is 18.4 Å². The molecule has 8 heteroatoms. The Labute approximate surface area is 203 Å². The van der Waals surface area contributed by atoms with Gasteiger partial charge in [-0.3, -0.25) is 19.1 Å². The summed E-state index contributed by atoms with van der Waals surface area (Å²) >= 11 is 6.78. The molecular weight excluding hydrogens is 452 g/mol. The molecule has 1 aromatic heterocycles. The molecule has 2 saturated heterocycles. The Morgan fingerprint density at radius 2 is 2.00 bits per heavy atom. The van der Waals surface area contributed by atoms with Crippen molar-refractivity contribution in [3.63, 3.8) is 0 Å². The normalized spacial score (nSPS) is 19.9. The molecule has 3 heterocycles. The molecule has 0 saturated carbocycles. The van der Waals surface area contributed by atoms with Crippen LogP contribution in [0.15, 0.2) is 40.0 Å². The van der Waals surface area contributed by atoms with Gasteiger partial charge in [0, 0.05) is 25.7 Å². The van der Waals surface area contributed by atoms with Crippen molar-refractivity contribution >= 4 is 46.1 Å². The summed E-state index contributed by atoms with van der Waals surface area (Å²) in [7, 11) is 1.70. The largest absolute Gasteiger partial charge is 0.357 e. The van der Waals surface area contributed by atoms with Crippen molar-refractivity contribution in [3.8, 4) is 6.07 Å². The number of carbonyl (C=O) groups is 1. The molecule has 4 rings (SSSR count). The number of thioether (sulfide) groups is 1. The van der Waals surface area contributed by atoms with Gasteiger partial charge in [0.2, 0.25) is 0 Å². The second-order valence-corrected chi connectivity index (χ2v) is 10.3. The van der Waals surface area contributed by atoms with Gasteiger partial charge in [0.25, 0.3) is 11.5 Å². The lowest BCUT2D eigenvalue weighted by Gasteiger charge is -2.35. The zero-order valence-electron chi connectivity index (χ0n) is 19.0. The van der Waals surface area contributed by atoms with Crippen LogP contribution in [0, 0.1) is 24.2 Å². The highest BCUT2D eigenvalue weighted by Crippen LogP contribution is 2.37. The third-order valence-corrected chi connectivity index (χ3v) is 7.63. The first-order chi connectivity index (χ1) is 15.8. The lowest BCUT2D eigenvalue weighted by Crippen LogP contribution is -2.39. The topological polar surface area (TPSA) is 69.3 Å². The Kier molecular flexibility index (Phi) is 6.73. The summed E-state index contributed by atoms with van der Waals surface area (Å²) in [6, 6.07) is 11.8. The Morgan fingerprint density at radius 1 is 1.27 bits per heavy atom. The van der Waals surface area contributed by atoms with Gasteiger partial charge >= 0.3 is 0 Å². The zero-order valence-corrected chi connectivity index (χ0v) is 20.6. The molecule has 2 fully saturated rings. The number of rotatable bonds is 4. The molecule has 6 nitrogen and oxygen atoms in total. The average Bonchev–Trinajstić information content (AvgIpc) is 3.06. The first kappa shape index (κ1) is 23.3. The highest BCUT2D eigenvalue weighted by Gasteiger charge is 2.33. The molecule has 170 valence electrons. The van der Waals surface area contributed by atoms with E-state index in [-0.39, 0.29) is 17.0 Å². The first-order valence-corrected chi connectivity index (χ1v) is 12.2. The zero-order chi connectivity index (χ0) is 23.7. The standard InChI is InChI=1S/C25H26N4O2S2/c1-16-8-7-11-28(14-16)22-19(17(2)20(13-26)23(30)27(22)3)12-21-24(31)29(25(32)33-21)15-18-9-5-4-6-10-18/h4-6,9-10,12,16H,7-8,11,14-15H2,1-3H3. The average molecular weight is 479 g/mol. The summed E-state index contributed by atoms with van der Waals surface area (Å²) in [6.45, 7) is 6.06. The summed E-state index contributed by atoms with van der Waals surface area (Å²) in [5, 5.41) is 9.65. The quantitative estimate of drug-likeness (QED) is 0.485. The molecule has 2 aliphatic rings. The number of carbonyl (C=O) groups excluding carboxylic acids is 1. The van der Waals surface area contributed by atoms with E-state index in [1.54, 1.807) is 23.4 Å². The van der Waals surface area contributed by atoms with Crippen molar-refractivity contribution in [2.45, 2.75) is 33.2 Å². The van der Waals surface area contributed by atoms with Crippen LogP contribution in [0.25, 0.3) is 6.08 Å². The van der Waals surface area contributed by atoms with Crippen molar-refractivity contribution in [1.82, 2.24) is 9.47 Å². The molecule has 2 aromatic rings. The van der Waals surface area contributed by atoms with Crippen LogP contribution in [0.4, 0.5) is 5.82 Å². The molecular formula is C25H26N4O2S2. The fourth-order valence-corrected chi connectivity index (χ4v) is 5.75. The van der Waals surface area contributed by atoms with E-state index < -0.39 is 0 Å². The van der Waals surface area contributed by atoms with Gasteiger partial charge in [-0.2, -0.15) is 5.26 Å². The highest BCUT2D eigenvalue weighted by molar-refractivity contribution is 8.26. The van der Waals surface area contributed by atoms with Crippen LogP contribution in [0.1, 0.15) is 42.0 Å². The van der Waals surface area contributed by atoms with Crippen LogP contribution in [0.3, 0.4) is 0 Å². The summed E-state index contributed by atoms with van der Waals surface area (Å²) < 4.78 is 2.06. The SMILES string of the molecule is Cc1c(C=C2SC(=S)N(Cc3ccccc3)C2=O)c(N2CCCC(C)C2)n(C)c(=O)c1C#N. The van der Waals surface area contributed by atoms with E-state index >= 15 is 0 Å². The summed E-state index contributed by atoms with van der Waals surface area (Å²) in [5.41, 5.74) is 2.14. The van der Waals surface area contributed by atoms with Crippen LogP contribution in [0.2, 0.25) is 0 Å². The number of amides is 1. The maximum absolute atomic E-state index is 13.3. The Balaban J connectivity index is 1.79. The van der Waals surface area contributed by atoms with Crippen molar-refractivity contribution < 1.29 is 4.79 Å². The number of hydrogen-bond acceptors (Lipinski definition) is 6. The Bertz CT molecular complexity index is 1240. The summed E-state index contributed by atoms with van der Waals surface area (Å²) in [5.74, 6) is 1.11. The van der Waals surface area contributed by atoms with Gasteiger partial charge in [0.1, 0.15) is 21.8 Å². The van der Waals surface area contributed by atoms with Crippen molar-refractivity contribution in [3.05, 3.63) is 67.8 Å². The van der Waals surface area contributed by atoms with Crippen LogP contribution >= 0.6 is 24.0 Å². The van der Waals surface area contributed by atoms with E-state index in [4.69, 9.17) is 12.2 Å². The van der Waals surface area contributed by atoms with Gasteiger partial charge in [-0.1, -0.05) is 61.2 Å².